The van der Waals surface area contributed by atoms with Gasteiger partial charge in [-0.25, -0.2) is 0 Å². The first-order valence-corrected chi connectivity index (χ1v) is 8.45. The number of phenolic OH excluding ortho intramolecular Hbond substituents is 1. The van der Waals surface area contributed by atoms with E-state index in [0.717, 1.165) is 32.8 Å². The summed E-state index contributed by atoms with van der Waals surface area (Å²) in [5, 5.41) is 10.4. The number of ether oxygens (including phenoxy) is 1. The lowest BCUT2D eigenvalue weighted by Gasteiger charge is -2.27. The number of benzene rings is 2. The molecule has 0 bridgehead atoms. The molecule has 0 aromatic heterocycles. The van der Waals surface area contributed by atoms with Gasteiger partial charge >= 0.3 is 0 Å². The van der Waals surface area contributed by atoms with Gasteiger partial charge in [0.15, 0.2) is 0 Å². The largest absolute Gasteiger partial charge is 0.507 e. The van der Waals surface area contributed by atoms with Crippen molar-refractivity contribution in [2.75, 3.05) is 26.3 Å². The van der Waals surface area contributed by atoms with E-state index in [1.165, 1.54) is 11.1 Å². The van der Waals surface area contributed by atoms with E-state index in [9.17, 15) is 5.11 Å². The maximum atomic E-state index is 9.83. The molecule has 0 amide bonds. The maximum Gasteiger partial charge on any atom is 0.124 e. The number of phenols is 1. The van der Waals surface area contributed by atoms with Gasteiger partial charge in [0.1, 0.15) is 5.75 Å². The zero-order chi connectivity index (χ0) is 16.8. The minimum atomic E-state index is 0.185. The molecule has 0 unspecified atom stereocenters. The molecule has 1 aliphatic rings. The standard InChI is InChI=1S/C19H21ClN2O2/c20-18-5-6-19(23)17(11-18)13-21-12-15-3-1-2-4-16(15)14-22-7-9-24-10-8-22/h1-6,11,13,23H,7-10,12,14H2. The van der Waals surface area contributed by atoms with E-state index < -0.39 is 0 Å². The molecule has 1 aliphatic heterocycles. The van der Waals surface area contributed by atoms with Gasteiger partial charge in [0.25, 0.3) is 0 Å². The highest BCUT2D eigenvalue weighted by Gasteiger charge is 2.12. The van der Waals surface area contributed by atoms with Crippen LogP contribution in [0.4, 0.5) is 0 Å². The van der Waals surface area contributed by atoms with Gasteiger partial charge < -0.3 is 9.84 Å². The van der Waals surface area contributed by atoms with Crippen molar-refractivity contribution in [3.63, 3.8) is 0 Å². The average Bonchev–Trinajstić information content (AvgIpc) is 2.60. The van der Waals surface area contributed by atoms with Crippen LogP contribution in [-0.4, -0.2) is 42.5 Å². The minimum absolute atomic E-state index is 0.185. The van der Waals surface area contributed by atoms with Gasteiger partial charge in [-0.1, -0.05) is 35.9 Å². The Labute approximate surface area is 147 Å². The van der Waals surface area contributed by atoms with Crippen molar-refractivity contribution in [3.8, 4) is 5.75 Å². The highest BCUT2D eigenvalue weighted by atomic mass is 35.5. The molecule has 3 rings (SSSR count). The number of morpholine rings is 1. The highest BCUT2D eigenvalue weighted by molar-refractivity contribution is 6.30. The van der Waals surface area contributed by atoms with Crippen LogP contribution in [0.2, 0.25) is 5.02 Å². The zero-order valence-electron chi connectivity index (χ0n) is 13.5. The molecule has 1 heterocycles. The van der Waals surface area contributed by atoms with Crippen molar-refractivity contribution < 1.29 is 9.84 Å². The van der Waals surface area contributed by atoms with E-state index in [-0.39, 0.29) is 5.75 Å². The molecule has 1 fully saturated rings. The number of hydrogen-bond donors (Lipinski definition) is 1. The lowest BCUT2D eigenvalue weighted by Crippen LogP contribution is -2.35. The van der Waals surface area contributed by atoms with E-state index in [1.54, 1.807) is 24.4 Å². The summed E-state index contributed by atoms with van der Waals surface area (Å²) in [5.74, 6) is 0.185. The van der Waals surface area contributed by atoms with Crippen LogP contribution < -0.4 is 0 Å². The van der Waals surface area contributed by atoms with Gasteiger partial charge in [-0.05, 0) is 29.3 Å². The molecule has 0 atom stereocenters. The third kappa shape index (κ3) is 4.57. The summed E-state index contributed by atoms with van der Waals surface area (Å²) >= 11 is 5.96. The van der Waals surface area contributed by atoms with Crippen LogP contribution in [0.25, 0.3) is 0 Å². The number of rotatable bonds is 5. The van der Waals surface area contributed by atoms with Gasteiger partial charge in [0, 0.05) is 36.4 Å². The van der Waals surface area contributed by atoms with E-state index in [0.29, 0.717) is 17.1 Å². The SMILES string of the molecule is Oc1ccc(Cl)cc1C=NCc1ccccc1CN1CCOCC1. The number of hydrogen-bond acceptors (Lipinski definition) is 4. The first kappa shape index (κ1) is 17.0. The van der Waals surface area contributed by atoms with Crippen LogP contribution in [0.5, 0.6) is 5.75 Å². The second-order valence-electron chi connectivity index (χ2n) is 5.83. The second-order valence-corrected chi connectivity index (χ2v) is 6.27. The molecule has 4 nitrogen and oxygen atoms in total. The van der Waals surface area contributed by atoms with Gasteiger partial charge in [-0.2, -0.15) is 0 Å². The van der Waals surface area contributed by atoms with Gasteiger partial charge in [-0.3, -0.25) is 9.89 Å². The van der Waals surface area contributed by atoms with Crippen LogP contribution in [0.15, 0.2) is 47.5 Å². The Morgan fingerprint density at radius 1 is 1.12 bits per heavy atom. The molecule has 24 heavy (non-hydrogen) atoms. The Balaban J connectivity index is 1.68. The van der Waals surface area contributed by atoms with Crippen molar-refractivity contribution in [3.05, 3.63) is 64.2 Å². The molecule has 0 spiro atoms. The van der Waals surface area contributed by atoms with Crippen LogP contribution in [0.3, 0.4) is 0 Å². The lowest BCUT2D eigenvalue weighted by atomic mass is 10.1. The fourth-order valence-electron chi connectivity index (χ4n) is 2.74. The fraction of sp³-hybridized carbons (Fsp3) is 0.316. The van der Waals surface area contributed by atoms with Gasteiger partial charge in [0.2, 0.25) is 0 Å². The Kier molecular flexibility index (Phi) is 5.86. The molecule has 0 radical (unpaired) electrons. The average molecular weight is 345 g/mol. The van der Waals surface area contributed by atoms with E-state index in [2.05, 4.69) is 28.1 Å². The molecule has 126 valence electrons. The maximum absolute atomic E-state index is 9.83. The summed E-state index contributed by atoms with van der Waals surface area (Å²) in [5.41, 5.74) is 3.11. The van der Waals surface area contributed by atoms with Crippen LogP contribution in [0, 0.1) is 0 Å². The summed E-state index contributed by atoms with van der Waals surface area (Å²) in [6.45, 7) is 5.02. The van der Waals surface area contributed by atoms with Gasteiger partial charge in [-0.15, -0.1) is 0 Å². The Morgan fingerprint density at radius 2 is 1.88 bits per heavy atom. The number of halogens is 1. The van der Waals surface area contributed by atoms with E-state index >= 15 is 0 Å². The van der Waals surface area contributed by atoms with Crippen LogP contribution in [-0.2, 0) is 17.8 Å². The second kappa shape index (κ2) is 8.29. The van der Waals surface area contributed by atoms with Crippen molar-refractivity contribution >= 4 is 17.8 Å². The fourth-order valence-corrected chi connectivity index (χ4v) is 2.92. The summed E-state index contributed by atoms with van der Waals surface area (Å²) in [6, 6.07) is 13.3. The van der Waals surface area contributed by atoms with Crippen LogP contribution in [0.1, 0.15) is 16.7 Å². The number of nitrogens with zero attached hydrogens (tertiary/aromatic N) is 2. The smallest absolute Gasteiger partial charge is 0.124 e. The Hall–Kier alpha value is -1.88. The Bertz CT molecular complexity index is 712. The molecule has 2 aromatic carbocycles. The molecule has 2 aromatic rings. The lowest BCUT2D eigenvalue weighted by molar-refractivity contribution is 0.0341. The molecular weight excluding hydrogens is 324 g/mol. The Morgan fingerprint density at radius 3 is 2.67 bits per heavy atom. The van der Waals surface area contributed by atoms with Crippen molar-refractivity contribution in [1.82, 2.24) is 4.90 Å². The number of aromatic hydroxyl groups is 1. The number of aliphatic imine (C=N–C) groups is 1. The monoisotopic (exact) mass is 344 g/mol. The topological polar surface area (TPSA) is 45.1 Å². The van der Waals surface area contributed by atoms with Gasteiger partial charge in [0.05, 0.1) is 19.8 Å². The highest BCUT2D eigenvalue weighted by Crippen LogP contribution is 2.20. The van der Waals surface area contributed by atoms with Crippen molar-refractivity contribution in [2.45, 2.75) is 13.1 Å². The first-order valence-electron chi connectivity index (χ1n) is 8.07. The third-order valence-electron chi connectivity index (χ3n) is 4.10. The van der Waals surface area contributed by atoms with E-state index in [1.807, 2.05) is 6.07 Å². The van der Waals surface area contributed by atoms with E-state index in [4.69, 9.17) is 16.3 Å². The quantitative estimate of drug-likeness (QED) is 0.844. The third-order valence-corrected chi connectivity index (χ3v) is 4.33. The zero-order valence-corrected chi connectivity index (χ0v) is 14.2. The molecule has 0 aliphatic carbocycles. The summed E-state index contributed by atoms with van der Waals surface area (Å²) in [7, 11) is 0. The van der Waals surface area contributed by atoms with Crippen molar-refractivity contribution in [1.29, 1.82) is 0 Å². The molecule has 1 saturated heterocycles. The summed E-state index contributed by atoms with van der Waals surface area (Å²) in [6.07, 6.45) is 1.67. The summed E-state index contributed by atoms with van der Waals surface area (Å²) < 4.78 is 5.40. The molecule has 1 N–H and O–H groups in total. The predicted molar refractivity (Wildman–Crippen MR) is 97.0 cm³/mol. The molecular formula is C19H21ClN2O2. The van der Waals surface area contributed by atoms with Crippen LogP contribution >= 0.6 is 11.6 Å². The first-order chi connectivity index (χ1) is 11.7. The minimum Gasteiger partial charge on any atom is -0.507 e. The predicted octanol–water partition coefficient (Wildman–Crippen LogP) is 3.50. The molecule has 5 heteroatoms. The van der Waals surface area contributed by atoms with Crippen molar-refractivity contribution in [2.24, 2.45) is 4.99 Å². The molecule has 0 saturated carbocycles. The normalized spacial score (nSPS) is 15.9. The summed E-state index contributed by atoms with van der Waals surface area (Å²) in [4.78, 5) is 6.88.